The largest absolute Gasteiger partial charge is 0.383 e. The Labute approximate surface area is 171 Å². The van der Waals surface area contributed by atoms with E-state index < -0.39 is 11.6 Å². The maximum absolute atomic E-state index is 13.8. The number of nitrogens with one attached hydrogen (secondary N) is 2. The Morgan fingerprint density at radius 1 is 1.21 bits per heavy atom. The van der Waals surface area contributed by atoms with Crippen LogP contribution in [0.25, 0.3) is 0 Å². The molecule has 0 radical (unpaired) electrons. The van der Waals surface area contributed by atoms with Crippen LogP contribution in [0.3, 0.4) is 0 Å². The molecule has 162 valence electrons. The lowest BCUT2D eigenvalue weighted by atomic mass is 10.1. The van der Waals surface area contributed by atoms with Crippen LogP contribution in [0.4, 0.5) is 8.78 Å². The fraction of sp³-hybridized carbons (Fsp3) is 0.600. The molecule has 1 aromatic carbocycles. The number of amides is 1. The molecule has 1 aliphatic heterocycles. The zero-order valence-electron chi connectivity index (χ0n) is 17.2. The van der Waals surface area contributed by atoms with E-state index in [1.165, 1.54) is 6.07 Å². The lowest BCUT2D eigenvalue weighted by molar-refractivity contribution is -0.122. The number of aliphatic imine (C=N–C) groups is 1. The van der Waals surface area contributed by atoms with E-state index >= 15 is 0 Å². The molecule has 2 rings (SSSR count). The van der Waals surface area contributed by atoms with Crippen molar-refractivity contribution in [2.45, 2.75) is 13.3 Å². The van der Waals surface area contributed by atoms with Crippen LogP contribution in [-0.2, 0) is 16.0 Å². The van der Waals surface area contributed by atoms with Crippen molar-refractivity contribution in [3.05, 3.63) is 35.4 Å². The highest BCUT2D eigenvalue weighted by molar-refractivity contribution is 5.80. The summed E-state index contributed by atoms with van der Waals surface area (Å²) in [6.45, 7) is 7.44. The number of hydrogen-bond donors (Lipinski definition) is 2. The van der Waals surface area contributed by atoms with Crippen molar-refractivity contribution in [2.24, 2.45) is 4.99 Å². The number of nitrogens with zero attached hydrogens (tertiary/aromatic N) is 3. The summed E-state index contributed by atoms with van der Waals surface area (Å²) in [5, 5.41) is 6.08. The number of piperazine rings is 1. The first-order valence-corrected chi connectivity index (χ1v) is 9.99. The number of benzene rings is 1. The Hall–Kier alpha value is -2.26. The van der Waals surface area contributed by atoms with Crippen LogP contribution in [0.15, 0.2) is 23.2 Å². The van der Waals surface area contributed by atoms with Crippen LogP contribution in [0.2, 0.25) is 0 Å². The number of rotatable bonds is 9. The Kier molecular flexibility index (Phi) is 9.79. The summed E-state index contributed by atoms with van der Waals surface area (Å²) in [5.41, 5.74) is 0.328. The normalized spacial score (nSPS) is 15.4. The molecule has 1 aromatic rings. The molecule has 0 spiro atoms. The summed E-state index contributed by atoms with van der Waals surface area (Å²) in [6, 6.07) is 4.20. The van der Waals surface area contributed by atoms with Gasteiger partial charge in [-0.15, -0.1) is 0 Å². The molecule has 9 heteroatoms. The molecule has 1 amide bonds. The first kappa shape index (κ1) is 23.0. The average Bonchev–Trinajstić information content (AvgIpc) is 2.71. The van der Waals surface area contributed by atoms with Gasteiger partial charge in [0.25, 0.3) is 0 Å². The fourth-order valence-corrected chi connectivity index (χ4v) is 3.12. The van der Waals surface area contributed by atoms with Gasteiger partial charge in [0.2, 0.25) is 5.91 Å². The van der Waals surface area contributed by atoms with Gasteiger partial charge >= 0.3 is 0 Å². The number of carbonyl (C=O) groups is 1. The topological polar surface area (TPSA) is 69.2 Å². The van der Waals surface area contributed by atoms with E-state index in [9.17, 15) is 13.6 Å². The second-order valence-corrected chi connectivity index (χ2v) is 6.80. The summed E-state index contributed by atoms with van der Waals surface area (Å²) in [7, 11) is 1.60. The Morgan fingerprint density at radius 2 is 1.97 bits per heavy atom. The van der Waals surface area contributed by atoms with E-state index in [1.807, 2.05) is 6.92 Å². The molecule has 1 heterocycles. The lowest BCUT2D eigenvalue weighted by Gasteiger charge is -2.36. The summed E-state index contributed by atoms with van der Waals surface area (Å²) < 4.78 is 32.0. The molecule has 1 fully saturated rings. The molecule has 1 aliphatic rings. The van der Waals surface area contributed by atoms with Crippen molar-refractivity contribution < 1.29 is 18.3 Å². The summed E-state index contributed by atoms with van der Waals surface area (Å²) in [4.78, 5) is 20.7. The van der Waals surface area contributed by atoms with Crippen molar-refractivity contribution >= 4 is 11.9 Å². The number of carbonyl (C=O) groups excluding carboxylic acids is 1. The van der Waals surface area contributed by atoms with Gasteiger partial charge < -0.3 is 20.3 Å². The zero-order chi connectivity index (χ0) is 21.1. The summed E-state index contributed by atoms with van der Waals surface area (Å²) >= 11 is 0. The highest BCUT2D eigenvalue weighted by Crippen LogP contribution is 2.12. The molecule has 0 aliphatic carbocycles. The van der Waals surface area contributed by atoms with Gasteiger partial charge in [0.05, 0.1) is 13.2 Å². The van der Waals surface area contributed by atoms with Gasteiger partial charge in [-0.1, -0.05) is 12.1 Å². The average molecular weight is 411 g/mol. The van der Waals surface area contributed by atoms with E-state index in [4.69, 9.17) is 4.74 Å². The summed E-state index contributed by atoms with van der Waals surface area (Å²) in [5.74, 6) is -0.882. The molecule has 29 heavy (non-hydrogen) atoms. The number of hydrogen-bond acceptors (Lipinski definition) is 4. The Morgan fingerprint density at radius 3 is 2.66 bits per heavy atom. The minimum atomic E-state index is -0.833. The van der Waals surface area contributed by atoms with Crippen LogP contribution in [0.5, 0.6) is 0 Å². The molecule has 7 nitrogen and oxygen atoms in total. The predicted molar refractivity (Wildman–Crippen MR) is 109 cm³/mol. The number of ether oxygens (including phenoxy) is 1. The molecule has 0 bridgehead atoms. The molecule has 1 saturated heterocycles. The molecule has 0 saturated carbocycles. The Bertz CT molecular complexity index is 679. The minimum absolute atomic E-state index is 0.00630. The van der Waals surface area contributed by atoms with Gasteiger partial charge in [0.1, 0.15) is 0 Å². The quantitative estimate of drug-likeness (QED) is 0.358. The highest BCUT2D eigenvalue weighted by atomic mass is 19.2. The second kappa shape index (κ2) is 12.3. The van der Waals surface area contributed by atoms with Crippen LogP contribution in [0, 0.1) is 11.6 Å². The standard InChI is InChI=1S/C20H31F2N5O2/c1-3-23-20(25-8-7-16-5-4-6-17(21)19(16)22)27-12-10-26(11-13-27)15-18(28)24-9-14-29-2/h4-6H,3,7-15H2,1-2H3,(H,23,25)(H,24,28). The van der Waals surface area contributed by atoms with Crippen LogP contribution < -0.4 is 10.6 Å². The number of halogens is 2. The molecule has 0 unspecified atom stereocenters. The van der Waals surface area contributed by atoms with Crippen LogP contribution in [0.1, 0.15) is 12.5 Å². The van der Waals surface area contributed by atoms with E-state index in [2.05, 4.69) is 25.4 Å². The van der Waals surface area contributed by atoms with E-state index in [1.54, 1.807) is 13.2 Å². The minimum Gasteiger partial charge on any atom is -0.383 e. The summed E-state index contributed by atoms with van der Waals surface area (Å²) in [6.07, 6.45) is 0.333. The molecular weight excluding hydrogens is 380 g/mol. The van der Waals surface area contributed by atoms with Crippen molar-refractivity contribution in [1.82, 2.24) is 20.4 Å². The van der Waals surface area contributed by atoms with Gasteiger partial charge in [-0.05, 0) is 25.0 Å². The van der Waals surface area contributed by atoms with E-state index in [0.29, 0.717) is 38.2 Å². The third-order valence-electron chi connectivity index (χ3n) is 4.68. The first-order valence-electron chi connectivity index (χ1n) is 9.99. The van der Waals surface area contributed by atoms with Crippen molar-refractivity contribution in [3.63, 3.8) is 0 Å². The van der Waals surface area contributed by atoms with E-state index in [0.717, 1.165) is 44.7 Å². The predicted octanol–water partition coefficient (Wildman–Crippen LogP) is 0.853. The highest BCUT2D eigenvalue weighted by Gasteiger charge is 2.21. The number of methoxy groups -OCH3 is 1. The van der Waals surface area contributed by atoms with Crippen molar-refractivity contribution in [2.75, 3.05) is 66.1 Å². The maximum atomic E-state index is 13.8. The van der Waals surface area contributed by atoms with Crippen molar-refractivity contribution in [3.8, 4) is 0 Å². The number of guanidine groups is 1. The Balaban J connectivity index is 1.82. The molecule has 0 aromatic heterocycles. The fourth-order valence-electron chi connectivity index (χ4n) is 3.12. The maximum Gasteiger partial charge on any atom is 0.234 e. The monoisotopic (exact) mass is 411 g/mol. The van der Waals surface area contributed by atoms with E-state index in [-0.39, 0.29) is 5.91 Å². The third-order valence-corrected chi connectivity index (χ3v) is 4.68. The first-order chi connectivity index (χ1) is 14.0. The SMILES string of the molecule is CCNC(=NCCc1cccc(F)c1F)N1CCN(CC(=O)NCCOC)CC1. The van der Waals surface area contributed by atoms with Crippen molar-refractivity contribution in [1.29, 1.82) is 0 Å². The third kappa shape index (κ3) is 7.58. The zero-order valence-corrected chi connectivity index (χ0v) is 17.2. The van der Waals surface area contributed by atoms with Gasteiger partial charge in [-0.25, -0.2) is 8.78 Å². The van der Waals surface area contributed by atoms with Gasteiger partial charge in [-0.2, -0.15) is 0 Å². The second-order valence-electron chi connectivity index (χ2n) is 6.80. The van der Waals surface area contributed by atoms with Gasteiger partial charge in [0.15, 0.2) is 17.6 Å². The van der Waals surface area contributed by atoms with Gasteiger partial charge in [-0.3, -0.25) is 14.7 Å². The lowest BCUT2D eigenvalue weighted by Crippen LogP contribution is -2.54. The molecular formula is C20H31F2N5O2. The molecule has 0 atom stereocenters. The molecule has 2 N–H and O–H groups in total. The smallest absolute Gasteiger partial charge is 0.234 e. The van der Waals surface area contributed by atoms with Crippen LogP contribution >= 0.6 is 0 Å². The van der Waals surface area contributed by atoms with Gasteiger partial charge in [0, 0.05) is 52.9 Å². The van der Waals surface area contributed by atoms with Crippen LogP contribution in [-0.4, -0.2) is 87.7 Å².